The molecular weight excluding hydrogens is 331 g/mol. The first-order chi connectivity index (χ1) is 11.0. The second-order valence-electron chi connectivity index (χ2n) is 5.38. The minimum absolute atomic E-state index is 0.0229. The van der Waals surface area contributed by atoms with Crippen molar-refractivity contribution in [2.75, 3.05) is 18.4 Å². The van der Waals surface area contributed by atoms with E-state index in [2.05, 4.69) is 10.6 Å². The molecule has 0 aliphatic heterocycles. The zero-order valence-electron chi connectivity index (χ0n) is 13.0. The number of hydrogen-bond donors (Lipinski definition) is 2. The number of amides is 1. The molecule has 2 aromatic rings. The lowest BCUT2D eigenvalue weighted by Gasteiger charge is -2.09. The van der Waals surface area contributed by atoms with Gasteiger partial charge in [0.25, 0.3) is 0 Å². The lowest BCUT2D eigenvalue weighted by Crippen LogP contribution is -2.27. The van der Waals surface area contributed by atoms with Crippen molar-refractivity contribution in [2.45, 2.75) is 19.8 Å². The molecule has 0 aliphatic rings. The van der Waals surface area contributed by atoms with Gasteiger partial charge in [0.2, 0.25) is 5.91 Å². The van der Waals surface area contributed by atoms with Gasteiger partial charge in [0.1, 0.15) is 0 Å². The number of halogens is 2. The maximum atomic E-state index is 11.8. The molecule has 0 unspecified atom stereocenters. The summed E-state index contributed by atoms with van der Waals surface area (Å²) in [6.45, 7) is 3.21. The van der Waals surface area contributed by atoms with Gasteiger partial charge in [-0.1, -0.05) is 47.0 Å². The third kappa shape index (κ3) is 6.12. The van der Waals surface area contributed by atoms with Gasteiger partial charge in [-0.2, -0.15) is 0 Å². The van der Waals surface area contributed by atoms with Crippen molar-refractivity contribution in [1.82, 2.24) is 5.32 Å². The number of hydrogen-bond acceptors (Lipinski definition) is 2. The average Bonchev–Trinajstić information content (AvgIpc) is 2.51. The maximum absolute atomic E-state index is 11.8. The highest BCUT2D eigenvalue weighted by atomic mass is 35.5. The van der Waals surface area contributed by atoms with E-state index in [-0.39, 0.29) is 5.91 Å². The average molecular weight is 351 g/mol. The van der Waals surface area contributed by atoms with Crippen LogP contribution in [-0.4, -0.2) is 19.0 Å². The highest BCUT2D eigenvalue weighted by molar-refractivity contribution is 6.35. The number of carbonyl (C=O) groups excluding carboxylic acids is 1. The van der Waals surface area contributed by atoms with Crippen LogP contribution in [0.4, 0.5) is 5.69 Å². The molecule has 0 aromatic heterocycles. The van der Waals surface area contributed by atoms with Crippen molar-refractivity contribution in [3.63, 3.8) is 0 Å². The molecule has 2 N–H and O–H groups in total. The Morgan fingerprint density at radius 2 is 1.78 bits per heavy atom. The normalized spacial score (nSPS) is 10.4. The minimum Gasteiger partial charge on any atom is -0.385 e. The third-order valence-electron chi connectivity index (χ3n) is 3.46. The summed E-state index contributed by atoms with van der Waals surface area (Å²) in [5, 5.41) is 7.38. The predicted molar refractivity (Wildman–Crippen MR) is 97.5 cm³/mol. The number of anilines is 1. The summed E-state index contributed by atoms with van der Waals surface area (Å²) in [5.74, 6) is 0.0229. The van der Waals surface area contributed by atoms with E-state index in [9.17, 15) is 4.79 Å². The van der Waals surface area contributed by atoms with Crippen LogP contribution in [-0.2, 0) is 11.2 Å². The first kappa shape index (κ1) is 17.6. The summed E-state index contributed by atoms with van der Waals surface area (Å²) < 4.78 is 0. The molecular formula is C18H20Cl2N2O. The molecule has 0 fully saturated rings. The fourth-order valence-corrected chi connectivity index (χ4v) is 2.64. The molecule has 0 saturated heterocycles. The number of aryl methyl sites for hydroxylation is 1. The SMILES string of the molecule is Cc1ccc(NCCC(=O)NCCc2ccc(Cl)cc2Cl)cc1. The van der Waals surface area contributed by atoms with Crippen molar-refractivity contribution < 1.29 is 4.79 Å². The van der Waals surface area contributed by atoms with Crippen LogP contribution in [0.15, 0.2) is 42.5 Å². The molecule has 5 heteroatoms. The van der Waals surface area contributed by atoms with Crippen molar-refractivity contribution in [3.8, 4) is 0 Å². The lowest BCUT2D eigenvalue weighted by molar-refractivity contribution is -0.120. The Labute approximate surface area is 147 Å². The van der Waals surface area contributed by atoms with E-state index in [1.54, 1.807) is 12.1 Å². The Morgan fingerprint density at radius 1 is 1.04 bits per heavy atom. The first-order valence-corrected chi connectivity index (χ1v) is 8.31. The molecule has 0 aliphatic carbocycles. The summed E-state index contributed by atoms with van der Waals surface area (Å²) in [6.07, 6.45) is 1.12. The van der Waals surface area contributed by atoms with Crippen molar-refractivity contribution in [1.29, 1.82) is 0 Å². The van der Waals surface area contributed by atoms with E-state index < -0.39 is 0 Å². The van der Waals surface area contributed by atoms with Crippen molar-refractivity contribution in [3.05, 3.63) is 63.6 Å². The Kier molecular flexibility index (Phi) is 6.75. The number of nitrogens with one attached hydrogen (secondary N) is 2. The van der Waals surface area contributed by atoms with Crippen LogP contribution in [0.3, 0.4) is 0 Å². The fraction of sp³-hybridized carbons (Fsp3) is 0.278. The third-order valence-corrected chi connectivity index (χ3v) is 4.05. The number of carbonyl (C=O) groups is 1. The van der Waals surface area contributed by atoms with Crippen molar-refractivity contribution >= 4 is 34.8 Å². The minimum atomic E-state index is 0.0229. The molecule has 0 heterocycles. The summed E-state index contributed by atoms with van der Waals surface area (Å²) in [7, 11) is 0. The monoisotopic (exact) mass is 350 g/mol. The zero-order valence-corrected chi connectivity index (χ0v) is 14.5. The predicted octanol–water partition coefficient (Wildman–Crippen LogP) is 4.46. The van der Waals surface area contributed by atoms with Gasteiger partial charge >= 0.3 is 0 Å². The first-order valence-electron chi connectivity index (χ1n) is 7.56. The molecule has 0 saturated carbocycles. The van der Waals surface area contributed by atoms with E-state index >= 15 is 0 Å². The van der Waals surface area contributed by atoms with Gasteiger partial charge in [0.05, 0.1) is 0 Å². The Hall–Kier alpha value is -1.71. The summed E-state index contributed by atoms with van der Waals surface area (Å²) in [6, 6.07) is 13.5. The van der Waals surface area contributed by atoms with Gasteiger partial charge in [-0.15, -0.1) is 0 Å². The van der Waals surface area contributed by atoms with E-state index in [1.165, 1.54) is 5.56 Å². The largest absolute Gasteiger partial charge is 0.385 e. The maximum Gasteiger partial charge on any atom is 0.221 e. The van der Waals surface area contributed by atoms with Gasteiger partial charge in [-0.05, 0) is 43.2 Å². The van der Waals surface area contributed by atoms with Crippen LogP contribution in [0.2, 0.25) is 10.0 Å². The summed E-state index contributed by atoms with van der Waals surface area (Å²) in [5.41, 5.74) is 3.22. The van der Waals surface area contributed by atoms with E-state index in [1.807, 2.05) is 37.3 Å². The summed E-state index contributed by atoms with van der Waals surface area (Å²) in [4.78, 5) is 11.8. The van der Waals surface area contributed by atoms with Crippen molar-refractivity contribution in [2.24, 2.45) is 0 Å². The Morgan fingerprint density at radius 3 is 2.48 bits per heavy atom. The molecule has 2 aromatic carbocycles. The van der Waals surface area contributed by atoms with E-state index in [4.69, 9.17) is 23.2 Å². The zero-order chi connectivity index (χ0) is 16.7. The van der Waals surface area contributed by atoms with Crippen LogP contribution in [0.5, 0.6) is 0 Å². The molecule has 23 heavy (non-hydrogen) atoms. The molecule has 2 rings (SSSR count). The van der Waals surface area contributed by atoms with Crippen LogP contribution >= 0.6 is 23.2 Å². The van der Waals surface area contributed by atoms with E-state index in [0.29, 0.717) is 36.0 Å². The fourth-order valence-electron chi connectivity index (χ4n) is 2.14. The number of rotatable bonds is 7. The summed E-state index contributed by atoms with van der Waals surface area (Å²) >= 11 is 12.0. The Balaban J connectivity index is 1.66. The van der Waals surface area contributed by atoms with Gasteiger partial charge in [0, 0.05) is 35.2 Å². The second kappa shape index (κ2) is 8.80. The van der Waals surface area contributed by atoms with Gasteiger partial charge in [0.15, 0.2) is 0 Å². The molecule has 1 amide bonds. The van der Waals surface area contributed by atoms with Crippen LogP contribution in [0, 0.1) is 6.92 Å². The standard InChI is InChI=1S/C18H20Cl2N2O/c1-13-2-6-16(7-3-13)21-11-9-18(23)22-10-8-14-4-5-15(19)12-17(14)20/h2-7,12,21H,8-11H2,1H3,(H,22,23). The topological polar surface area (TPSA) is 41.1 Å². The highest BCUT2D eigenvalue weighted by Crippen LogP contribution is 2.21. The molecule has 0 atom stereocenters. The quantitative estimate of drug-likeness (QED) is 0.773. The second-order valence-corrected chi connectivity index (χ2v) is 6.22. The van der Waals surface area contributed by atoms with Crippen LogP contribution in [0.25, 0.3) is 0 Å². The van der Waals surface area contributed by atoms with E-state index in [0.717, 1.165) is 11.3 Å². The molecule has 122 valence electrons. The smallest absolute Gasteiger partial charge is 0.221 e. The van der Waals surface area contributed by atoms with Gasteiger partial charge in [-0.3, -0.25) is 4.79 Å². The molecule has 0 spiro atoms. The molecule has 0 bridgehead atoms. The number of benzene rings is 2. The Bertz CT molecular complexity index is 657. The van der Waals surface area contributed by atoms with Crippen LogP contribution < -0.4 is 10.6 Å². The van der Waals surface area contributed by atoms with Gasteiger partial charge in [-0.25, -0.2) is 0 Å². The molecule has 0 radical (unpaired) electrons. The molecule has 3 nitrogen and oxygen atoms in total. The highest BCUT2D eigenvalue weighted by Gasteiger charge is 2.04. The van der Waals surface area contributed by atoms with Gasteiger partial charge < -0.3 is 10.6 Å². The van der Waals surface area contributed by atoms with Crippen LogP contribution in [0.1, 0.15) is 17.5 Å². The lowest BCUT2D eigenvalue weighted by atomic mass is 10.1.